The number of nitro groups is 4. The van der Waals surface area contributed by atoms with Gasteiger partial charge in [-0.2, -0.15) is 40.8 Å². The Morgan fingerprint density at radius 2 is 0.570 bits per heavy atom. The maximum Gasteiger partial charge on any atom is 0.344 e. The Hall–Kier alpha value is -16.1. The molecule has 0 radical (unpaired) electrons. The number of thiocarbonyl (C=S) groups is 4. The molecule has 0 aliphatic rings. The van der Waals surface area contributed by atoms with E-state index in [-0.39, 0.29) is 117 Å². The molecule has 0 aliphatic heterocycles. The number of nitrogens with one attached hydrogen (secondary N) is 8. The van der Waals surface area contributed by atoms with Gasteiger partial charge in [-0.05, 0) is 171 Å². The number of carboxylic acid groups (broad SMARTS) is 2. The number of nitrogens with zero attached hydrogens (tertiary/aromatic N) is 16. The average Bonchev–Trinajstić information content (AvgIpc) is 1.68. The number of aromatic nitrogens is 8. The minimum Gasteiger partial charge on any atom is -0.504 e. The van der Waals surface area contributed by atoms with Gasteiger partial charge in [-0.1, -0.05) is 149 Å². The van der Waals surface area contributed by atoms with Gasteiger partial charge in [0.1, 0.15) is 45.0 Å². The van der Waals surface area contributed by atoms with Gasteiger partial charge in [0.05, 0.1) is 76.9 Å². The Labute approximate surface area is 848 Å². The van der Waals surface area contributed by atoms with E-state index < -0.39 is 77.4 Å². The standard InChI is InChI=1S/C25H28N6O5S.C24H26N6O5S.C21H18Cl2N6O5S.C20H16Cl2N6O5S/c1-14(20-22(32)21(30(5)29-20)15-7-9-16(10-8-15)25(2,3)4)27-28-24(37)26-17-11-12-18(23(33)36-6)19(13-17)31(34)35;1-13(26-27-23(36)25-16-10-11-17(22(32)33)18(12-16)30(34)35)19-21(31)20(29(5)28-19)14-6-8-15(9-7-14)24(2,3)4;1-10(17-19(30)18(28(2)27-17)11-4-7-14(22)15(23)8-11)25-26-21(35)24-12-5-6-13(20(31)34-3)16(9-12)29(32)33;1-9(16-18(29)17(27(2)26-16)10-3-6-13(21)14(22)7-10)24-25-20(34)23-11-4-5-12(19(30)31)15(8-11)28(32)33/h7-13,32H,1-6H3,(H2,26,28,37);6-12,31H,1-5H3,(H,32,33)(H2,25,27,36);4-9,30H,1-3H3,(H2,24,26,35);3-8,29H,1-2H3,(H,30,31)(H2,23,25,34)/b27-14+;26-13+;25-10+;24-9+. The second-order valence-corrected chi connectivity index (χ2v) is 35.5. The number of aryl methyl sites for hydroxylation is 4. The van der Waals surface area contributed by atoms with Crippen LogP contribution in [0.4, 0.5) is 45.5 Å². The van der Waals surface area contributed by atoms with E-state index in [4.69, 9.17) is 105 Å². The molecule has 0 fully saturated rings. The topological polar surface area (TPSA) is 598 Å². The molecule has 14 N–H and O–H groups in total. The quantitative estimate of drug-likeness (QED) is 0.00878. The number of hydrogen-bond donors (Lipinski definition) is 14. The summed E-state index contributed by atoms with van der Waals surface area (Å²) < 4.78 is 15.2. The molecule has 12 aromatic rings. The summed E-state index contributed by atoms with van der Waals surface area (Å²) in [5.74, 6) is -4.81. The largest absolute Gasteiger partial charge is 0.504 e. The number of aromatic carboxylic acids is 2. The maximum atomic E-state index is 11.8. The van der Waals surface area contributed by atoms with Gasteiger partial charge in [-0.25, -0.2) is 19.2 Å². The van der Waals surface area contributed by atoms with E-state index in [0.717, 1.165) is 55.7 Å². The number of anilines is 4. The normalized spacial score (nSPS) is 11.5. The van der Waals surface area contributed by atoms with Crippen molar-refractivity contribution in [3.8, 4) is 68.0 Å². The third kappa shape index (κ3) is 27.3. The molecule has 52 heteroatoms. The van der Waals surface area contributed by atoms with Crippen molar-refractivity contribution in [3.63, 3.8) is 0 Å². The van der Waals surface area contributed by atoms with Gasteiger partial charge < -0.3 is 61.4 Å². The number of carboxylic acids is 2. The van der Waals surface area contributed by atoms with Crippen molar-refractivity contribution in [2.45, 2.75) is 80.1 Å². The van der Waals surface area contributed by atoms with Crippen LogP contribution in [0.5, 0.6) is 23.0 Å². The summed E-state index contributed by atoms with van der Waals surface area (Å²) in [4.78, 5) is 87.7. The first-order valence-corrected chi connectivity index (χ1v) is 44.2. The van der Waals surface area contributed by atoms with Crippen LogP contribution >= 0.6 is 95.3 Å². The van der Waals surface area contributed by atoms with E-state index in [2.05, 4.69) is 135 Å². The van der Waals surface area contributed by atoms with Crippen molar-refractivity contribution in [1.82, 2.24) is 60.8 Å². The molecule has 0 saturated heterocycles. The Balaban J connectivity index is 0.000000211. The molecule has 0 spiro atoms. The molecule has 740 valence electrons. The molecule has 0 unspecified atom stereocenters. The Bertz CT molecular complexity index is 7170. The second-order valence-electron chi connectivity index (χ2n) is 32.2. The summed E-state index contributed by atoms with van der Waals surface area (Å²) in [6, 6.07) is 40.3. The molecular formula is C90H88Cl4N24O20S4. The lowest BCUT2D eigenvalue weighted by Gasteiger charge is -2.19. The molecule has 0 atom stereocenters. The highest BCUT2D eigenvalue weighted by molar-refractivity contribution is 7.81. The van der Waals surface area contributed by atoms with Crippen molar-refractivity contribution in [3.05, 3.63) is 274 Å². The minimum absolute atomic E-state index is 0.000126. The zero-order valence-corrected chi connectivity index (χ0v) is 84.0. The lowest BCUT2D eigenvalue weighted by atomic mass is 9.86. The lowest BCUT2D eigenvalue weighted by molar-refractivity contribution is -0.385. The van der Waals surface area contributed by atoms with Crippen LogP contribution in [0.25, 0.3) is 45.0 Å². The Morgan fingerprint density at radius 3 is 0.782 bits per heavy atom. The summed E-state index contributed by atoms with van der Waals surface area (Å²) in [5, 5.41) is 153. The van der Waals surface area contributed by atoms with Crippen LogP contribution in [0.3, 0.4) is 0 Å². The summed E-state index contributed by atoms with van der Waals surface area (Å²) in [5.41, 5.74) is 17.2. The van der Waals surface area contributed by atoms with Crippen LogP contribution in [-0.4, -0.2) is 171 Å². The number of halogens is 4. The predicted octanol–water partition coefficient (Wildman–Crippen LogP) is 17.8. The summed E-state index contributed by atoms with van der Waals surface area (Å²) in [6.45, 7) is 19.2. The molecule has 0 aliphatic carbocycles. The number of carbonyl (C=O) groups excluding carboxylic acids is 2. The number of hydrogen-bond acceptors (Lipinski definition) is 30. The maximum absolute atomic E-state index is 11.8. The van der Waals surface area contributed by atoms with Crippen molar-refractivity contribution in [2.24, 2.45) is 48.6 Å². The van der Waals surface area contributed by atoms with Crippen LogP contribution in [0.15, 0.2) is 178 Å². The number of benzene rings is 8. The highest BCUT2D eigenvalue weighted by atomic mass is 35.5. The predicted molar refractivity (Wildman–Crippen MR) is 554 cm³/mol. The van der Waals surface area contributed by atoms with E-state index in [1.165, 1.54) is 63.0 Å². The highest BCUT2D eigenvalue weighted by Gasteiger charge is 2.30. The molecular weight excluding hydrogens is 2010 g/mol. The third-order valence-electron chi connectivity index (χ3n) is 20.3. The number of ether oxygens (including phenoxy) is 2. The van der Waals surface area contributed by atoms with Crippen LogP contribution in [0.1, 0.15) is 145 Å². The average molecular weight is 2100 g/mol. The van der Waals surface area contributed by atoms with Crippen molar-refractivity contribution < 1.29 is 79.0 Å². The van der Waals surface area contributed by atoms with Gasteiger partial charge in [-0.15, -0.1) is 0 Å². The lowest BCUT2D eigenvalue weighted by Crippen LogP contribution is -2.25. The van der Waals surface area contributed by atoms with E-state index in [1.807, 2.05) is 48.5 Å². The highest BCUT2D eigenvalue weighted by Crippen LogP contribution is 2.41. The number of methoxy groups -OCH3 is 2. The van der Waals surface area contributed by atoms with Crippen LogP contribution in [0.2, 0.25) is 20.1 Å². The van der Waals surface area contributed by atoms with Gasteiger partial charge in [0.25, 0.3) is 22.7 Å². The molecule has 4 heterocycles. The minimum atomic E-state index is -1.42. The fourth-order valence-corrected chi connectivity index (χ4v) is 14.5. The summed E-state index contributed by atoms with van der Waals surface area (Å²) in [7, 11) is 9.01. The molecule has 44 nitrogen and oxygen atoms in total. The number of carbonyl (C=O) groups is 4. The third-order valence-corrected chi connectivity index (χ3v) is 22.5. The first-order valence-electron chi connectivity index (χ1n) is 41.0. The van der Waals surface area contributed by atoms with Crippen LogP contribution in [-0.2, 0) is 48.5 Å². The van der Waals surface area contributed by atoms with Crippen molar-refractivity contribution in [2.75, 3.05) is 35.5 Å². The zero-order chi connectivity index (χ0) is 105. The molecule has 12 rings (SSSR count). The molecule has 0 amide bonds. The van der Waals surface area contributed by atoms with Gasteiger partial charge in [0, 0.05) is 97.5 Å². The first kappa shape index (κ1) is 110. The second kappa shape index (κ2) is 47.0. The number of rotatable bonds is 24. The number of aromatic hydroxyl groups is 4. The van der Waals surface area contributed by atoms with Crippen molar-refractivity contribution >= 4 is 208 Å². The molecule has 0 saturated carbocycles. The summed E-state index contributed by atoms with van der Waals surface area (Å²) >= 11 is 44.8. The molecule has 0 bridgehead atoms. The molecule has 4 aromatic heterocycles. The van der Waals surface area contributed by atoms with Gasteiger partial charge in [-0.3, -0.25) is 80.9 Å². The van der Waals surface area contributed by atoms with Crippen LogP contribution < -0.4 is 43.0 Å². The van der Waals surface area contributed by atoms with E-state index >= 15 is 0 Å². The van der Waals surface area contributed by atoms with Crippen LogP contribution in [0, 0.1) is 40.5 Å². The molecule has 8 aromatic carbocycles. The number of esters is 2. The Kier molecular flexibility index (Phi) is 36.3. The van der Waals surface area contributed by atoms with E-state index in [0.29, 0.717) is 71.1 Å². The molecule has 142 heavy (non-hydrogen) atoms. The van der Waals surface area contributed by atoms with E-state index in [1.54, 1.807) is 102 Å². The van der Waals surface area contributed by atoms with Crippen molar-refractivity contribution in [1.29, 1.82) is 0 Å². The number of hydrazone groups is 4. The SMILES string of the molecule is C/C(=N\NC(=S)Nc1ccc(C(=O)O)c([N+](=O)[O-])c1)c1nn(C)c(-c2ccc(C(C)(C)C)cc2)c1O.C/C(=N\NC(=S)Nc1ccc(C(=O)O)c([N+](=O)[O-])c1)c1nn(C)c(-c2ccc(Cl)c(Cl)c2)c1O.COC(=O)c1ccc(NC(=S)N/N=C(\C)c2nn(C)c(-c3ccc(C(C)(C)C)cc3)c2O)cc1[N+](=O)[O-].COC(=O)c1ccc(NC(=S)N/N=C(\C)c2nn(C)c(-c3ccc(Cl)c(Cl)c3)c2O)cc1[N+](=O)[O-]. The first-order chi connectivity index (χ1) is 66.6. The summed E-state index contributed by atoms with van der Waals surface area (Å²) in [6.07, 6.45) is 0. The fraction of sp³-hybridized carbons (Fsp3) is 0.200. The van der Waals surface area contributed by atoms with E-state index in [9.17, 15) is 80.1 Å². The van der Waals surface area contributed by atoms with Gasteiger partial charge >= 0.3 is 23.9 Å². The monoisotopic (exact) mass is 2090 g/mol. The number of nitro benzene ring substituents is 4. The Morgan fingerprint density at radius 1 is 0.352 bits per heavy atom. The van der Waals surface area contributed by atoms with Gasteiger partial charge in [0.2, 0.25) is 0 Å². The van der Waals surface area contributed by atoms with Gasteiger partial charge in [0.15, 0.2) is 66.2 Å². The smallest absolute Gasteiger partial charge is 0.344 e. The fourth-order valence-electron chi connectivity index (χ4n) is 13.2. The zero-order valence-electron chi connectivity index (χ0n) is 77.7.